The molecule has 3 nitrogen and oxygen atoms in total. The first-order valence-corrected chi connectivity index (χ1v) is 5.05. The summed E-state index contributed by atoms with van der Waals surface area (Å²) in [6.07, 6.45) is 0. The lowest BCUT2D eigenvalue weighted by Crippen LogP contribution is -2.44. The molecule has 0 amide bonds. The molecule has 0 aliphatic heterocycles. The van der Waals surface area contributed by atoms with Gasteiger partial charge in [0, 0.05) is 15.6 Å². The molecule has 1 rings (SSSR count). The van der Waals surface area contributed by atoms with E-state index in [-0.39, 0.29) is 0 Å². The minimum Gasteiger partial charge on any atom is -0.480 e. The minimum absolute atomic E-state index is 0.335. The summed E-state index contributed by atoms with van der Waals surface area (Å²) in [5.41, 5.74) is -0.717. The van der Waals surface area contributed by atoms with Gasteiger partial charge in [0.1, 0.15) is 5.54 Å². The number of hydrogen-bond donors (Lipinski definition) is 2. The Labute approximate surface area is 98.0 Å². The second-order valence-corrected chi connectivity index (χ2v) is 4.15. The van der Waals surface area contributed by atoms with Crippen molar-refractivity contribution < 1.29 is 9.90 Å². The number of hydrogen-bond acceptors (Lipinski definition) is 2. The van der Waals surface area contributed by atoms with Crippen LogP contribution in [-0.4, -0.2) is 18.1 Å². The third-order valence-corrected chi connectivity index (χ3v) is 2.95. The van der Waals surface area contributed by atoms with Crippen molar-refractivity contribution in [1.82, 2.24) is 5.32 Å². The van der Waals surface area contributed by atoms with Crippen LogP contribution in [0.5, 0.6) is 0 Å². The van der Waals surface area contributed by atoms with Gasteiger partial charge in [-0.05, 0) is 26.1 Å². The smallest absolute Gasteiger partial charge is 0.328 e. The van der Waals surface area contributed by atoms with Crippen molar-refractivity contribution in [2.24, 2.45) is 0 Å². The van der Waals surface area contributed by atoms with Crippen LogP contribution in [0.25, 0.3) is 0 Å². The maximum Gasteiger partial charge on any atom is 0.328 e. The lowest BCUT2D eigenvalue weighted by molar-refractivity contribution is -0.144. The molecule has 0 unspecified atom stereocenters. The monoisotopic (exact) mass is 247 g/mol. The highest BCUT2D eigenvalue weighted by molar-refractivity contribution is 6.35. The second-order valence-electron chi connectivity index (χ2n) is 3.30. The van der Waals surface area contributed by atoms with Gasteiger partial charge in [0.15, 0.2) is 0 Å². The van der Waals surface area contributed by atoms with Crippen LogP contribution in [0, 0.1) is 0 Å². The van der Waals surface area contributed by atoms with E-state index in [4.69, 9.17) is 28.3 Å². The Bertz CT molecular complexity index is 395. The first kappa shape index (κ1) is 12.3. The van der Waals surface area contributed by atoms with Crippen LogP contribution in [0.4, 0.5) is 0 Å². The minimum atomic E-state index is -1.21. The van der Waals surface area contributed by atoms with Gasteiger partial charge >= 0.3 is 5.97 Å². The van der Waals surface area contributed by atoms with Gasteiger partial charge < -0.3 is 10.4 Å². The maximum atomic E-state index is 11.1. The fraction of sp³-hybridized carbons (Fsp3) is 0.300. The Kier molecular flexibility index (Phi) is 3.60. The highest BCUT2D eigenvalue weighted by atomic mass is 35.5. The molecule has 0 aromatic heterocycles. The summed E-state index contributed by atoms with van der Waals surface area (Å²) in [5.74, 6) is -0.991. The Morgan fingerprint density at radius 1 is 1.47 bits per heavy atom. The lowest BCUT2D eigenvalue weighted by Gasteiger charge is -2.25. The van der Waals surface area contributed by atoms with Crippen molar-refractivity contribution in [2.45, 2.75) is 12.5 Å². The van der Waals surface area contributed by atoms with E-state index in [1.807, 2.05) is 0 Å². The van der Waals surface area contributed by atoms with Crippen molar-refractivity contribution in [1.29, 1.82) is 0 Å². The fourth-order valence-electron chi connectivity index (χ4n) is 1.25. The summed E-state index contributed by atoms with van der Waals surface area (Å²) in [6, 6.07) is 4.74. The molecule has 1 aromatic carbocycles. The highest BCUT2D eigenvalue weighted by Gasteiger charge is 2.35. The third kappa shape index (κ3) is 2.25. The summed E-state index contributed by atoms with van der Waals surface area (Å²) < 4.78 is 0. The van der Waals surface area contributed by atoms with Gasteiger partial charge in [0.2, 0.25) is 0 Å². The number of benzene rings is 1. The predicted octanol–water partition coefficient (Wildman–Crippen LogP) is 2.51. The molecule has 0 fully saturated rings. The Morgan fingerprint density at radius 2 is 2.07 bits per heavy atom. The van der Waals surface area contributed by atoms with Crippen molar-refractivity contribution in [3.05, 3.63) is 33.8 Å². The summed E-state index contributed by atoms with van der Waals surface area (Å²) in [5, 5.41) is 12.7. The van der Waals surface area contributed by atoms with E-state index in [1.165, 1.54) is 6.07 Å². The van der Waals surface area contributed by atoms with Crippen LogP contribution in [0.3, 0.4) is 0 Å². The van der Waals surface area contributed by atoms with Crippen LogP contribution in [-0.2, 0) is 10.3 Å². The highest BCUT2D eigenvalue weighted by Crippen LogP contribution is 2.30. The largest absolute Gasteiger partial charge is 0.480 e. The van der Waals surface area contributed by atoms with E-state index in [9.17, 15) is 4.79 Å². The molecule has 0 saturated heterocycles. The number of carboxylic acid groups (broad SMARTS) is 1. The molecule has 0 bridgehead atoms. The zero-order valence-corrected chi connectivity index (χ0v) is 9.86. The Balaban J connectivity index is 3.30. The molecule has 0 spiro atoms. The molecule has 15 heavy (non-hydrogen) atoms. The van der Waals surface area contributed by atoms with Gasteiger partial charge in [-0.25, -0.2) is 4.79 Å². The van der Waals surface area contributed by atoms with Gasteiger partial charge in [-0.2, -0.15) is 0 Å². The van der Waals surface area contributed by atoms with Crippen molar-refractivity contribution in [2.75, 3.05) is 7.05 Å². The number of aliphatic carboxylic acids is 1. The first-order valence-electron chi connectivity index (χ1n) is 4.29. The summed E-state index contributed by atoms with van der Waals surface area (Å²) >= 11 is 11.7. The fourth-order valence-corrected chi connectivity index (χ4v) is 1.85. The summed E-state index contributed by atoms with van der Waals surface area (Å²) in [6.45, 7) is 1.55. The zero-order chi connectivity index (χ0) is 11.6. The number of rotatable bonds is 3. The first-order chi connectivity index (χ1) is 6.91. The standard InChI is InChI=1S/C10H11Cl2NO2/c1-10(13-2,9(14)15)7-4-3-6(11)5-8(7)12/h3-5,13H,1-2H3,(H,14,15)/t10-/m1/s1. The Morgan fingerprint density at radius 3 is 2.47 bits per heavy atom. The molecule has 0 radical (unpaired) electrons. The Hall–Kier alpha value is -0.770. The molecule has 0 heterocycles. The molecule has 82 valence electrons. The van der Waals surface area contributed by atoms with E-state index < -0.39 is 11.5 Å². The zero-order valence-electron chi connectivity index (χ0n) is 8.34. The van der Waals surface area contributed by atoms with Gasteiger partial charge in [0.25, 0.3) is 0 Å². The molecule has 1 atom stereocenters. The van der Waals surface area contributed by atoms with E-state index in [2.05, 4.69) is 5.32 Å². The third-order valence-electron chi connectivity index (χ3n) is 2.40. The number of carboxylic acids is 1. The van der Waals surface area contributed by atoms with Gasteiger partial charge in [0.05, 0.1) is 0 Å². The number of halogens is 2. The molecule has 1 aromatic rings. The van der Waals surface area contributed by atoms with E-state index >= 15 is 0 Å². The quantitative estimate of drug-likeness (QED) is 0.864. The SMILES string of the molecule is CN[C@@](C)(C(=O)O)c1ccc(Cl)cc1Cl. The number of nitrogens with one attached hydrogen (secondary N) is 1. The lowest BCUT2D eigenvalue weighted by atomic mass is 9.92. The molecule has 0 aliphatic rings. The molecule has 2 N–H and O–H groups in total. The van der Waals surface area contributed by atoms with Crippen LogP contribution >= 0.6 is 23.2 Å². The van der Waals surface area contributed by atoms with Crippen LogP contribution in [0.1, 0.15) is 12.5 Å². The van der Waals surface area contributed by atoms with Crippen molar-refractivity contribution in [3.8, 4) is 0 Å². The molecule has 0 saturated carbocycles. The normalized spacial score (nSPS) is 14.7. The number of likely N-dealkylation sites (N-methyl/N-ethyl adjacent to an activating group) is 1. The van der Waals surface area contributed by atoms with Crippen LogP contribution < -0.4 is 5.32 Å². The van der Waals surface area contributed by atoms with Gasteiger partial charge in [-0.3, -0.25) is 0 Å². The van der Waals surface area contributed by atoms with E-state index in [0.29, 0.717) is 15.6 Å². The molecular weight excluding hydrogens is 237 g/mol. The molecular formula is C10H11Cl2NO2. The average Bonchev–Trinajstić information content (AvgIpc) is 2.16. The van der Waals surface area contributed by atoms with E-state index in [1.54, 1.807) is 26.1 Å². The topological polar surface area (TPSA) is 49.3 Å². The van der Waals surface area contributed by atoms with Crippen LogP contribution in [0.2, 0.25) is 10.0 Å². The summed E-state index contributed by atoms with van der Waals surface area (Å²) in [4.78, 5) is 11.1. The number of carbonyl (C=O) groups is 1. The van der Waals surface area contributed by atoms with Gasteiger partial charge in [-0.15, -0.1) is 0 Å². The predicted molar refractivity (Wildman–Crippen MR) is 60.5 cm³/mol. The van der Waals surface area contributed by atoms with Gasteiger partial charge in [-0.1, -0.05) is 29.3 Å². The van der Waals surface area contributed by atoms with Crippen LogP contribution in [0.15, 0.2) is 18.2 Å². The second kappa shape index (κ2) is 4.39. The van der Waals surface area contributed by atoms with Crippen molar-refractivity contribution >= 4 is 29.2 Å². The molecule has 0 aliphatic carbocycles. The summed E-state index contributed by atoms with van der Waals surface area (Å²) in [7, 11) is 1.57. The van der Waals surface area contributed by atoms with E-state index in [0.717, 1.165) is 0 Å². The van der Waals surface area contributed by atoms with Crippen molar-refractivity contribution in [3.63, 3.8) is 0 Å². The average molecular weight is 248 g/mol. The maximum absolute atomic E-state index is 11.1. The molecule has 5 heteroatoms.